The zero-order valence-corrected chi connectivity index (χ0v) is 8.53. The van der Waals surface area contributed by atoms with Crippen molar-refractivity contribution in [2.75, 3.05) is 11.1 Å². The number of benzene rings is 1. The van der Waals surface area contributed by atoms with Crippen molar-refractivity contribution in [3.05, 3.63) is 24.3 Å². The number of alkyl halides is 7. The zero-order valence-electron chi connectivity index (χ0n) is 8.53. The molecule has 0 aliphatic heterocycles. The normalized spacial score (nSPS) is 13.5. The van der Waals surface area contributed by atoms with E-state index < -0.39 is 23.8 Å². The number of nitrogens with two attached hydrogens (primary N) is 1. The summed E-state index contributed by atoms with van der Waals surface area (Å²) < 4.78 is 86.2. The quantitative estimate of drug-likeness (QED) is 0.504. The molecular formula is C9H7F7N2. The summed E-state index contributed by atoms with van der Waals surface area (Å²) in [7, 11) is 0. The molecule has 0 saturated heterocycles. The van der Waals surface area contributed by atoms with Gasteiger partial charge in [-0.2, -0.15) is 30.7 Å². The molecule has 0 aliphatic rings. The molecular weight excluding hydrogens is 269 g/mol. The van der Waals surface area contributed by atoms with Crippen LogP contribution in [0.1, 0.15) is 0 Å². The Morgan fingerprint density at radius 1 is 0.833 bits per heavy atom. The van der Waals surface area contributed by atoms with E-state index >= 15 is 0 Å². The molecule has 2 nitrogen and oxygen atoms in total. The van der Waals surface area contributed by atoms with Crippen LogP contribution in [0.25, 0.3) is 0 Å². The second-order valence-corrected chi connectivity index (χ2v) is 3.39. The lowest BCUT2D eigenvalue weighted by molar-refractivity contribution is -0.346. The average Bonchev–Trinajstić information content (AvgIpc) is 2.19. The van der Waals surface area contributed by atoms with Gasteiger partial charge >= 0.3 is 18.1 Å². The fraction of sp³-hybridized carbons (Fsp3) is 0.333. The topological polar surface area (TPSA) is 38.0 Å². The fourth-order valence-electron chi connectivity index (χ4n) is 1.00. The molecule has 0 heterocycles. The number of nitrogens with one attached hydrogen (secondary N) is 1. The van der Waals surface area contributed by atoms with Gasteiger partial charge in [-0.15, -0.1) is 0 Å². The third-order valence-electron chi connectivity index (χ3n) is 1.96. The van der Waals surface area contributed by atoms with Crippen LogP contribution in [0.4, 0.5) is 42.1 Å². The molecule has 102 valence electrons. The number of hydrogen-bond donors (Lipinski definition) is 2. The Morgan fingerprint density at radius 3 is 1.67 bits per heavy atom. The minimum Gasteiger partial charge on any atom is -0.399 e. The molecule has 1 aromatic rings. The molecule has 0 bridgehead atoms. The van der Waals surface area contributed by atoms with Crippen LogP contribution in [0.3, 0.4) is 0 Å². The van der Waals surface area contributed by atoms with E-state index in [2.05, 4.69) is 0 Å². The lowest BCUT2D eigenvalue weighted by Gasteiger charge is -2.29. The van der Waals surface area contributed by atoms with Crippen LogP contribution in [0.2, 0.25) is 0 Å². The lowest BCUT2D eigenvalue weighted by atomic mass is 10.2. The summed E-state index contributed by atoms with van der Waals surface area (Å²) in [6, 6.07) is -1.61. The van der Waals surface area contributed by atoms with E-state index in [1.807, 2.05) is 0 Å². The van der Waals surface area contributed by atoms with Crippen LogP contribution in [0.5, 0.6) is 0 Å². The summed E-state index contributed by atoms with van der Waals surface area (Å²) in [5.74, 6) is -6.19. The van der Waals surface area contributed by atoms with Gasteiger partial charge in [-0.3, -0.25) is 0 Å². The molecule has 0 aromatic heterocycles. The predicted molar refractivity (Wildman–Crippen MR) is 50.4 cm³/mol. The summed E-state index contributed by atoms with van der Waals surface area (Å²) in [5.41, 5.74) is 4.73. The number of halogens is 7. The van der Waals surface area contributed by atoms with Gasteiger partial charge in [0.1, 0.15) is 0 Å². The second kappa shape index (κ2) is 4.21. The van der Waals surface area contributed by atoms with Gasteiger partial charge in [-0.1, -0.05) is 0 Å². The van der Waals surface area contributed by atoms with Gasteiger partial charge < -0.3 is 11.1 Å². The molecule has 0 spiro atoms. The van der Waals surface area contributed by atoms with Crippen molar-refractivity contribution in [2.45, 2.75) is 18.1 Å². The van der Waals surface area contributed by atoms with E-state index in [4.69, 9.17) is 5.73 Å². The van der Waals surface area contributed by atoms with Crippen molar-refractivity contribution in [3.63, 3.8) is 0 Å². The van der Waals surface area contributed by atoms with Gasteiger partial charge in [0.25, 0.3) is 0 Å². The molecule has 1 aromatic carbocycles. The van der Waals surface area contributed by atoms with Gasteiger partial charge in [0.05, 0.1) is 0 Å². The molecule has 0 fully saturated rings. The first kappa shape index (κ1) is 14.4. The lowest BCUT2D eigenvalue weighted by Crippen LogP contribution is -2.56. The Morgan fingerprint density at radius 2 is 1.28 bits per heavy atom. The third kappa shape index (κ3) is 2.59. The smallest absolute Gasteiger partial charge is 0.399 e. The van der Waals surface area contributed by atoms with Gasteiger partial charge in [0.15, 0.2) is 0 Å². The first-order valence-electron chi connectivity index (χ1n) is 4.43. The molecule has 0 aliphatic carbocycles. The molecule has 18 heavy (non-hydrogen) atoms. The minimum absolute atomic E-state index is 0.145. The summed E-state index contributed by atoms with van der Waals surface area (Å²) in [5, 5.41) is 0.833. The van der Waals surface area contributed by atoms with Crippen LogP contribution in [-0.4, -0.2) is 18.1 Å². The highest BCUT2D eigenvalue weighted by molar-refractivity contribution is 5.52. The first-order valence-corrected chi connectivity index (χ1v) is 4.43. The molecule has 1 rings (SSSR count). The van der Waals surface area contributed by atoms with E-state index in [9.17, 15) is 30.7 Å². The molecule has 0 saturated carbocycles. The first-order chi connectivity index (χ1) is 7.97. The molecule has 3 N–H and O–H groups in total. The maximum absolute atomic E-state index is 12.9. The summed E-state index contributed by atoms with van der Waals surface area (Å²) >= 11 is 0. The van der Waals surface area contributed by atoms with Crippen LogP contribution in [-0.2, 0) is 0 Å². The highest BCUT2D eigenvalue weighted by Gasteiger charge is 2.73. The van der Waals surface area contributed by atoms with Gasteiger partial charge in [-0.25, -0.2) is 0 Å². The molecule has 0 amide bonds. The summed E-state index contributed by atoms with van der Waals surface area (Å²) in [6.07, 6.45) is -6.36. The highest BCUT2D eigenvalue weighted by Crippen LogP contribution is 2.46. The molecule has 9 heteroatoms. The minimum atomic E-state index is -6.36. The molecule has 0 radical (unpaired) electrons. The fourth-order valence-corrected chi connectivity index (χ4v) is 1.00. The Kier molecular flexibility index (Phi) is 3.37. The number of rotatable bonds is 3. The van der Waals surface area contributed by atoms with Crippen LogP contribution in [0, 0.1) is 0 Å². The van der Waals surface area contributed by atoms with Gasteiger partial charge in [0.2, 0.25) is 0 Å². The van der Waals surface area contributed by atoms with Crippen LogP contribution < -0.4 is 11.1 Å². The number of anilines is 2. The van der Waals surface area contributed by atoms with Crippen LogP contribution in [0.15, 0.2) is 24.3 Å². The highest BCUT2D eigenvalue weighted by atomic mass is 19.4. The maximum atomic E-state index is 12.9. The van der Waals surface area contributed by atoms with Crippen molar-refractivity contribution in [3.8, 4) is 0 Å². The summed E-state index contributed by atoms with van der Waals surface area (Å²) in [6.45, 7) is 0. The SMILES string of the molecule is Nc1ccc(NC(F)(F)C(F)(F)C(F)(F)F)cc1. The van der Waals surface area contributed by atoms with Crippen molar-refractivity contribution < 1.29 is 30.7 Å². The average molecular weight is 276 g/mol. The Bertz CT molecular complexity index is 410. The number of hydrogen-bond acceptors (Lipinski definition) is 2. The molecule has 0 atom stereocenters. The predicted octanol–water partition coefficient (Wildman–Crippen LogP) is 3.47. The maximum Gasteiger partial charge on any atom is 0.462 e. The standard InChI is InChI=1S/C9H7F7N2/c10-7(11,8(12,13)14)9(15,16)18-6-3-1-5(17)2-4-6/h1-4,18H,17H2. The van der Waals surface area contributed by atoms with Gasteiger partial charge in [-0.05, 0) is 24.3 Å². The van der Waals surface area contributed by atoms with Crippen LogP contribution >= 0.6 is 0 Å². The zero-order chi connectivity index (χ0) is 14.2. The van der Waals surface area contributed by atoms with E-state index in [0.29, 0.717) is 0 Å². The Balaban J connectivity index is 2.97. The van der Waals surface area contributed by atoms with E-state index in [0.717, 1.165) is 29.6 Å². The van der Waals surface area contributed by atoms with Crippen molar-refractivity contribution in [1.29, 1.82) is 0 Å². The van der Waals surface area contributed by atoms with E-state index in [1.165, 1.54) is 0 Å². The second-order valence-electron chi connectivity index (χ2n) is 3.39. The molecule has 0 unspecified atom stereocenters. The van der Waals surface area contributed by atoms with Crippen molar-refractivity contribution in [2.24, 2.45) is 0 Å². The van der Waals surface area contributed by atoms with Gasteiger partial charge in [0, 0.05) is 11.4 Å². The van der Waals surface area contributed by atoms with E-state index in [1.54, 1.807) is 0 Å². The third-order valence-corrected chi connectivity index (χ3v) is 1.96. The number of nitrogen functional groups attached to an aromatic ring is 1. The largest absolute Gasteiger partial charge is 0.462 e. The van der Waals surface area contributed by atoms with E-state index in [-0.39, 0.29) is 5.69 Å². The summed E-state index contributed by atoms with van der Waals surface area (Å²) in [4.78, 5) is 0. The monoisotopic (exact) mass is 276 g/mol. The Hall–Kier alpha value is -1.67. The van der Waals surface area contributed by atoms with Crippen molar-refractivity contribution >= 4 is 11.4 Å². The van der Waals surface area contributed by atoms with Crippen molar-refractivity contribution in [1.82, 2.24) is 0 Å². The Labute approximate surface area is 96.6 Å².